The van der Waals surface area contributed by atoms with Crippen LogP contribution in [0.25, 0.3) is 10.9 Å². The summed E-state index contributed by atoms with van der Waals surface area (Å²) in [5.74, 6) is -2.51. The maximum absolute atomic E-state index is 14.7. The minimum Gasteiger partial charge on any atom is -0.504 e. The number of aromatic amines is 1. The molecule has 7 nitrogen and oxygen atoms in total. The summed E-state index contributed by atoms with van der Waals surface area (Å²) in [6.45, 7) is 8.09. The van der Waals surface area contributed by atoms with Crippen molar-refractivity contribution in [3.05, 3.63) is 59.5 Å². The molecule has 1 aromatic heterocycles. The Kier molecular flexibility index (Phi) is 5.20. The average molecular weight is 529 g/mol. The van der Waals surface area contributed by atoms with Crippen molar-refractivity contribution in [3.8, 4) is 0 Å². The number of ether oxygens (including phenoxy) is 1. The Bertz CT molecular complexity index is 1490. The van der Waals surface area contributed by atoms with E-state index in [1.54, 1.807) is 6.92 Å². The lowest BCUT2D eigenvalue weighted by Crippen LogP contribution is -2.58. The highest BCUT2D eigenvalue weighted by Gasteiger charge is 2.78. The number of aliphatic hydroxyl groups is 1. The third kappa shape index (κ3) is 3.11. The standard InChI is InChI=1S/C32H36N2O5/c1-15-8-7-10-21-29-31(4,39-29)17(3)26-23(12-18-14-33-22-11-6-5-9-19(18)22)34-30(38)32(21,26)24(35)13-20-25(15)16(2)27(36)28(20)37/h5-7,9-11,14-15,17,20-21,23,25-26,29,33,36H,8,12-13H2,1-4H3,(H,34,38)/b10-7+/t15-,17-,20+,21-,23-,25-,26-,29?,31+,32-/m0/s1. The Morgan fingerprint density at radius 1 is 1.15 bits per heavy atom. The van der Waals surface area contributed by atoms with Gasteiger partial charge in [-0.1, -0.05) is 44.2 Å². The molecule has 3 fully saturated rings. The van der Waals surface area contributed by atoms with Gasteiger partial charge in [0.25, 0.3) is 0 Å². The average Bonchev–Trinajstić information content (AvgIpc) is 3.21. The van der Waals surface area contributed by atoms with Crippen LogP contribution in [0.2, 0.25) is 0 Å². The van der Waals surface area contributed by atoms with E-state index < -0.39 is 22.9 Å². The molecule has 0 bridgehead atoms. The molecule has 2 aromatic rings. The van der Waals surface area contributed by atoms with Crippen LogP contribution in [-0.2, 0) is 25.5 Å². The van der Waals surface area contributed by atoms with Crippen LogP contribution in [0.4, 0.5) is 0 Å². The monoisotopic (exact) mass is 528 g/mol. The maximum Gasteiger partial charge on any atom is 0.235 e. The minimum atomic E-state index is -1.31. The van der Waals surface area contributed by atoms with E-state index in [1.807, 2.05) is 24.4 Å². The highest BCUT2D eigenvalue weighted by molar-refractivity contribution is 6.11. The lowest BCUT2D eigenvalue weighted by atomic mass is 9.50. The minimum absolute atomic E-state index is 0.0422. The number of rotatable bonds is 2. The zero-order valence-electron chi connectivity index (χ0n) is 22.9. The molecular weight excluding hydrogens is 492 g/mol. The van der Waals surface area contributed by atoms with Gasteiger partial charge in [-0.2, -0.15) is 0 Å². The number of nitrogens with one attached hydrogen (secondary N) is 2. The summed E-state index contributed by atoms with van der Waals surface area (Å²) < 4.78 is 6.36. The Morgan fingerprint density at radius 3 is 2.72 bits per heavy atom. The Hall–Kier alpha value is -3.19. The molecule has 1 spiro atoms. The lowest BCUT2D eigenvalue weighted by molar-refractivity contribution is -0.150. The highest BCUT2D eigenvalue weighted by atomic mass is 16.6. The smallest absolute Gasteiger partial charge is 0.235 e. The first kappa shape index (κ1) is 24.8. The van der Waals surface area contributed by atoms with Crippen molar-refractivity contribution in [2.45, 2.75) is 64.7 Å². The van der Waals surface area contributed by atoms with E-state index in [4.69, 9.17) is 4.74 Å². The number of carbonyl (C=O) groups is 3. The van der Waals surface area contributed by atoms with Crippen LogP contribution in [0.5, 0.6) is 0 Å². The van der Waals surface area contributed by atoms with Crippen LogP contribution in [-0.4, -0.2) is 45.3 Å². The van der Waals surface area contributed by atoms with Gasteiger partial charge in [-0.05, 0) is 61.6 Å². The van der Waals surface area contributed by atoms with Crippen molar-refractivity contribution in [1.29, 1.82) is 0 Å². The molecule has 1 unspecified atom stereocenters. The van der Waals surface area contributed by atoms with Crippen LogP contribution in [0, 0.1) is 40.9 Å². The van der Waals surface area contributed by atoms with Crippen molar-refractivity contribution >= 4 is 28.4 Å². The molecule has 39 heavy (non-hydrogen) atoms. The SMILES string of the molecule is CC1=C(O)C(=O)[C@@H]2CC(=O)[C@]34C(=O)N[C@@H](Cc5c[nH]c6ccccc56)[C@@H]3[C@H](C)[C@@]3(C)OC3[C@@H]4/C=C/C[C@H](C)[C@@H]12. The summed E-state index contributed by atoms with van der Waals surface area (Å²) in [6, 6.07) is 7.86. The van der Waals surface area contributed by atoms with Gasteiger partial charge >= 0.3 is 0 Å². The van der Waals surface area contributed by atoms with Gasteiger partial charge in [-0.3, -0.25) is 14.4 Å². The second-order valence-corrected chi connectivity index (χ2v) is 12.9. The van der Waals surface area contributed by atoms with Gasteiger partial charge in [0.15, 0.2) is 5.76 Å². The number of H-pyrrole nitrogens is 1. The van der Waals surface area contributed by atoms with E-state index in [0.717, 1.165) is 16.5 Å². The van der Waals surface area contributed by atoms with E-state index in [9.17, 15) is 19.5 Å². The summed E-state index contributed by atoms with van der Waals surface area (Å²) in [5, 5.41) is 15.0. The van der Waals surface area contributed by atoms with E-state index in [-0.39, 0.29) is 65.5 Å². The van der Waals surface area contributed by atoms with E-state index in [1.165, 1.54) is 0 Å². The molecule has 204 valence electrons. The molecule has 2 saturated heterocycles. The number of Topliss-reactive ketones (excluding diaryl/α,β-unsaturated/α-hetero) is 2. The molecule has 10 atom stereocenters. The number of hydrogen-bond donors (Lipinski definition) is 3. The van der Waals surface area contributed by atoms with Crippen LogP contribution >= 0.6 is 0 Å². The number of amides is 1. The highest BCUT2D eigenvalue weighted by Crippen LogP contribution is 2.66. The lowest BCUT2D eigenvalue weighted by Gasteiger charge is -2.46. The Labute approximate surface area is 228 Å². The van der Waals surface area contributed by atoms with Crippen LogP contribution in [0.15, 0.2) is 53.9 Å². The number of carbonyl (C=O) groups excluding carboxylic acids is 3. The number of aliphatic hydroxyl groups excluding tert-OH is 1. The second kappa shape index (κ2) is 8.17. The molecule has 1 amide bonds. The molecular formula is C32H36N2O5. The number of ketones is 2. The molecule has 1 aromatic carbocycles. The fourth-order valence-electron chi connectivity index (χ4n) is 9.05. The number of aromatic nitrogens is 1. The predicted octanol–water partition coefficient (Wildman–Crippen LogP) is 4.44. The zero-order valence-corrected chi connectivity index (χ0v) is 22.9. The van der Waals surface area contributed by atoms with Crippen molar-refractivity contribution in [2.24, 2.45) is 40.9 Å². The molecule has 3 aliphatic carbocycles. The molecule has 5 aliphatic rings. The predicted molar refractivity (Wildman–Crippen MR) is 146 cm³/mol. The van der Waals surface area contributed by atoms with Gasteiger partial charge in [0, 0.05) is 47.3 Å². The van der Waals surface area contributed by atoms with Gasteiger partial charge in [0.1, 0.15) is 11.2 Å². The number of hydrogen-bond acceptors (Lipinski definition) is 5. The number of para-hydroxylation sites is 1. The Balaban J connectivity index is 1.34. The van der Waals surface area contributed by atoms with Crippen LogP contribution < -0.4 is 5.32 Å². The number of epoxide rings is 1. The van der Waals surface area contributed by atoms with Crippen LogP contribution in [0.3, 0.4) is 0 Å². The molecule has 3 N–H and O–H groups in total. The topological polar surface area (TPSA) is 112 Å². The van der Waals surface area contributed by atoms with Crippen LogP contribution in [0.1, 0.15) is 46.1 Å². The summed E-state index contributed by atoms with van der Waals surface area (Å²) in [5.41, 5.74) is 1.08. The fourth-order valence-corrected chi connectivity index (χ4v) is 9.05. The number of allylic oxidation sites excluding steroid dienone is 3. The van der Waals surface area contributed by atoms with Crippen molar-refractivity contribution in [1.82, 2.24) is 10.3 Å². The van der Waals surface area contributed by atoms with Gasteiger partial charge in [-0.25, -0.2) is 0 Å². The summed E-state index contributed by atoms with van der Waals surface area (Å²) in [7, 11) is 0. The van der Waals surface area contributed by atoms with E-state index in [0.29, 0.717) is 18.4 Å². The van der Waals surface area contributed by atoms with Crippen molar-refractivity contribution in [3.63, 3.8) is 0 Å². The third-order valence-electron chi connectivity index (χ3n) is 11.2. The first-order chi connectivity index (χ1) is 18.6. The normalized spacial score (nSPS) is 43.9. The largest absolute Gasteiger partial charge is 0.504 e. The molecule has 7 rings (SSSR count). The molecule has 3 heterocycles. The fraction of sp³-hybridized carbons (Fsp3) is 0.531. The van der Waals surface area contributed by atoms with Gasteiger partial charge in [-0.15, -0.1) is 0 Å². The van der Waals surface area contributed by atoms with Gasteiger partial charge < -0.3 is 20.1 Å². The third-order valence-corrected chi connectivity index (χ3v) is 11.2. The summed E-state index contributed by atoms with van der Waals surface area (Å²) >= 11 is 0. The van der Waals surface area contributed by atoms with Crippen molar-refractivity contribution < 1.29 is 24.2 Å². The molecule has 0 radical (unpaired) electrons. The van der Waals surface area contributed by atoms with Crippen molar-refractivity contribution in [2.75, 3.05) is 0 Å². The summed E-state index contributed by atoms with van der Waals surface area (Å²) in [6.07, 6.45) is 7.17. The quantitative estimate of drug-likeness (QED) is 0.303. The molecule has 1 saturated carbocycles. The first-order valence-corrected chi connectivity index (χ1v) is 14.3. The van der Waals surface area contributed by atoms with Gasteiger partial charge in [0.2, 0.25) is 11.7 Å². The number of fused-ring (bicyclic) bond motifs is 4. The number of benzene rings is 1. The second-order valence-electron chi connectivity index (χ2n) is 12.9. The zero-order chi connectivity index (χ0) is 27.4. The van der Waals surface area contributed by atoms with E-state index in [2.05, 4.69) is 49.3 Å². The summed E-state index contributed by atoms with van der Waals surface area (Å²) in [4.78, 5) is 45.5. The molecule has 7 heteroatoms. The maximum atomic E-state index is 14.7. The molecule has 2 aliphatic heterocycles. The Morgan fingerprint density at radius 2 is 1.92 bits per heavy atom. The first-order valence-electron chi connectivity index (χ1n) is 14.3. The van der Waals surface area contributed by atoms with E-state index >= 15 is 0 Å². The van der Waals surface area contributed by atoms with Gasteiger partial charge in [0.05, 0.1) is 11.7 Å².